The predicted octanol–water partition coefficient (Wildman–Crippen LogP) is 4.29. The molecule has 1 fully saturated rings. The predicted molar refractivity (Wildman–Crippen MR) is 200 cm³/mol. The molecule has 0 aliphatic carbocycles. The lowest BCUT2D eigenvalue weighted by molar-refractivity contribution is -0.135. The van der Waals surface area contributed by atoms with Crippen LogP contribution in [0.2, 0.25) is 0 Å². The summed E-state index contributed by atoms with van der Waals surface area (Å²) >= 11 is 0. The number of ether oxygens (including phenoxy) is 1. The maximum Gasteiger partial charge on any atom is 0.243 e. The molecule has 1 heterocycles. The summed E-state index contributed by atoms with van der Waals surface area (Å²) in [5, 5.41) is 11.6. The molecule has 4 amide bonds. The molecule has 3 aromatic carbocycles. The quantitative estimate of drug-likeness (QED) is 0.129. The van der Waals surface area contributed by atoms with Crippen LogP contribution in [-0.2, 0) is 48.0 Å². The van der Waals surface area contributed by atoms with Crippen molar-refractivity contribution < 1.29 is 28.7 Å². The molecule has 5 atom stereocenters. The SMILES string of the molecule is CC(C)C[C@H](NC(=O)[C@H](CCc1ccccc1)NC(=O)Cc1cc[c]cc1)C(=O)N[C@@H](Cc1ccccc1)C(=O)N[C@@H](CC(C)C)C(=O)[C@@]1(C)CO1. The van der Waals surface area contributed by atoms with Gasteiger partial charge in [0.05, 0.1) is 19.1 Å². The molecule has 1 saturated heterocycles. The molecule has 1 aliphatic rings. The monoisotopic (exact) mass is 709 g/mol. The number of hydrogen-bond acceptors (Lipinski definition) is 6. The number of nitrogens with one attached hydrogen (secondary N) is 4. The highest BCUT2D eigenvalue weighted by molar-refractivity contribution is 5.98. The topological polar surface area (TPSA) is 146 Å². The molecule has 3 aromatic rings. The summed E-state index contributed by atoms with van der Waals surface area (Å²) in [6.45, 7) is 9.84. The molecule has 1 aliphatic heterocycles. The van der Waals surface area contributed by atoms with Gasteiger partial charge in [0.1, 0.15) is 23.7 Å². The highest BCUT2D eigenvalue weighted by atomic mass is 16.6. The van der Waals surface area contributed by atoms with E-state index >= 15 is 0 Å². The van der Waals surface area contributed by atoms with Gasteiger partial charge in [0.15, 0.2) is 5.78 Å². The van der Waals surface area contributed by atoms with E-state index in [0.29, 0.717) is 32.3 Å². The van der Waals surface area contributed by atoms with Gasteiger partial charge in [0.25, 0.3) is 0 Å². The Morgan fingerprint density at radius 1 is 0.654 bits per heavy atom. The molecule has 10 nitrogen and oxygen atoms in total. The Bertz CT molecular complexity index is 1630. The van der Waals surface area contributed by atoms with E-state index in [1.54, 1.807) is 31.2 Å². The fourth-order valence-electron chi connectivity index (χ4n) is 6.10. The second kappa shape index (κ2) is 19.1. The summed E-state index contributed by atoms with van der Waals surface area (Å²) in [6.07, 6.45) is 1.81. The minimum Gasteiger partial charge on any atom is -0.361 e. The Morgan fingerprint density at radius 3 is 1.73 bits per heavy atom. The number of aryl methyl sites for hydroxylation is 1. The first-order valence-corrected chi connectivity index (χ1v) is 18.2. The molecular formula is C42H53N4O6. The lowest BCUT2D eigenvalue weighted by Crippen LogP contribution is -2.59. The Balaban J connectivity index is 1.53. The number of Topliss-reactive ketones (excluding diaryl/α,β-unsaturated/α-hetero) is 1. The molecule has 0 spiro atoms. The summed E-state index contributed by atoms with van der Waals surface area (Å²) < 4.78 is 5.40. The third-order valence-corrected chi connectivity index (χ3v) is 9.06. The van der Waals surface area contributed by atoms with Gasteiger partial charge in [-0.2, -0.15) is 0 Å². The van der Waals surface area contributed by atoms with Crippen LogP contribution in [0, 0.1) is 17.9 Å². The van der Waals surface area contributed by atoms with Crippen molar-refractivity contribution in [1.82, 2.24) is 21.3 Å². The van der Waals surface area contributed by atoms with E-state index in [-0.39, 0.29) is 36.4 Å². The lowest BCUT2D eigenvalue weighted by Gasteiger charge is -2.28. The van der Waals surface area contributed by atoms with Crippen LogP contribution in [-0.4, -0.2) is 65.8 Å². The van der Waals surface area contributed by atoms with Crippen LogP contribution >= 0.6 is 0 Å². The summed E-state index contributed by atoms with van der Waals surface area (Å²) in [5.41, 5.74) is 1.69. The number of benzene rings is 3. The summed E-state index contributed by atoms with van der Waals surface area (Å²) in [5.74, 6) is -1.91. The molecule has 4 N–H and O–H groups in total. The minimum atomic E-state index is -1.03. The van der Waals surface area contributed by atoms with Gasteiger partial charge in [-0.1, -0.05) is 113 Å². The Morgan fingerprint density at radius 2 is 1.15 bits per heavy atom. The Hall–Kier alpha value is -4.83. The molecule has 277 valence electrons. The van der Waals surface area contributed by atoms with Crippen LogP contribution < -0.4 is 21.3 Å². The second-order valence-corrected chi connectivity index (χ2v) is 14.7. The first-order valence-electron chi connectivity index (χ1n) is 18.2. The molecule has 0 unspecified atom stereocenters. The fourth-order valence-corrected chi connectivity index (χ4v) is 6.10. The van der Waals surface area contributed by atoms with Gasteiger partial charge in [-0.25, -0.2) is 0 Å². The van der Waals surface area contributed by atoms with Gasteiger partial charge in [-0.15, -0.1) is 0 Å². The molecule has 0 bridgehead atoms. The number of ketones is 1. The van der Waals surface area contributed by atoms with Crippen molar-refractivity contribution >= 4 is 29.4 Å². The maximum atomic E-state index is 14.1. The van der Waals surface area contributed by atoms with Crippen molar-refractivity contribution in [2.75, 3.05) is 6.61 Å². The molecule has 4 rings (SSSR count). The largest absolute Gasteiger partial charge is 0.361 e. The fraction of sp³-hybridized carbons (Fsp3) is 0.452. The number of amides is 4. The van der Waals surface area contributed by atoms with Gasteiger partial charge in [0.2, 0.25) is 23.6 Å². The van der Waals surface area contributed by atoms with E-state index in [4.69, 9.17) is 4.74 Å². The molecule has 52 heavy (non-hydrogen) atoms. The molecular weight excluding hydrogens is 656 g/mol. The summed E-state index contributed by atoms with van der Waals surface area (Å²) in [4.78, 5) is 68.4. The van der Waals surface area contributed by atoms with Crippen LogP contribution in [0.3, 0.4) is 0 Å². The van der Waals surface area contributed by atoms with Crippen molar-refractivity contribution in [2.45, 2.75) is 103 Å². The minimum absolute atomic E-state index is 0.0111. The van der Waals surface area contributed by atoms with Crippen molar-refractivity contribution in [1.29, 1.82) is 0 Å². The number of epoxide rings is 1. The molecule has 10 heteroatoms. The third-order valence-electron chi connectivity index (χ3n) is 9.06. The highest BCUT2D eigenvalue weighted by Gasteiger charge is 2.50. The smallest absolute Gasteiger partial charge is 0.243 e. The van der Waals surface area contributed by atoms with Crippen LogP contribution in [0.15, 0.2) is 84.9 Å². The standard InChI is InChI=1S/C42H53N4O6/c1-28(2)23-34(38(48)42(5)27-52-42)44-41(51)36(25-31-17-11-7-12-18-31)46-40(50)35(24-29(3)4)45-39(49)33(22-21-30-15-9-6-10-16-30)43-37(47)26-32-19-13-8-14-20-32/h6-7,9-20,28-29,33-36H,21-27H2,1-5H3,(H,43,47)(H,44,51)(H,45,49)(H,46,50)/t33-,34-,35-,36-,42+/m0/s1. The molecule has 1 radical (unpaired) electrons. The van der Waals surface area contributed by atoms with Crippen LogP contribution in [0.4, 0.5) is 0 Å². The number of carbonyl (C=O) groups excluding carboxylic acids is 5. The normalized spacial score (nSPS) is 17.4. The van der Waals surface area contributed by atoms with Gasteiger partial charge in [-0.3, -0.25) is 24.0 Å². The molecule has 0 aromatic heterocycles. The van der Waals surface area contributed by atoms with Gasteiger partial charge in [-0.05, 0) is 67.2 Å². The first-order chi connectivity index (χ1) is 24.8. The highest BCUT2D eigenvalue weighted by Crippen LogP contribution is 2.29. The van der Waals surface area contributed by atoms with Gasteiger partial charge < -0.3 is 26.0 Å². The van der Waals surface area contributed by atoms with E-state index < -0.39 is 47.5 Å². The zero-order valence-corrected chi connectivity index (χ0v) is 30.9. The van der Waals surface area contributed by atoms with Crippen molar-refractivity contribution in [2.24, 2.45) is 11.8 Å². The number of carbonyl (C=O) groups is 5. The van der Waals surface area contributed by atoms with Crippen molar-refractivity contribution in [3.05, 3.63) is 108 Å². The zero-order chi connectivity index (χ0) is 37.7. The Labute approximate surface area is 307 Å². The number of hydrogen-bond donors (Lipinski definition) is 4. The first kappa shape index (κ1) is 39.9. The van der Waals surface area contributed by atoms with Gasteiger partial charge >= 0.3 is 0 Å². The van der Waals surface area contributed by atoms with Crippen molar-refractivity contribution in [3.63, 3.8) is 0 Å². The lowest BCUT2D eigenvalue weighted by atomic mass is 9.93. The van der Waals surface area contributed by atoms with E-state index in [2.05, 4.69) is 27.3 Å². The van der Waals surface area contributed by atoms with E-state index in [9.17, 15) is 24.0 Å². The molecule has 0 saturated carbocycles. The maximum absolute atomic E-state index is 14.1. The average molecular weight is 710 g/mol. The Kier molecular flexibility index (Phi) is 14.7. The number of rotatable bonds is 20. The van der Waals surface area contributed by atoms with Crippen LogP contribution in [0.5, 0.6) is 0 Å². The van der Waals surface area contributed by atoms with Crippen molar-refractivity contribution in [3.8, 4) is 0 Å². The zero-order valence-electron chi connectivity index (χ0n) is 30.9. The van der Waals surface area contributed by atoms with Crippen LogP contribution in [0.25, 0.3) is 0 Å². The second-order valence-electron chi connectivity index (χ2n) is 14.7. The van der Waals surface area contributed by atoms with Crippen LogP contribution in [0.1, 0.15) is 70.6 Å². The summed E-state index contributed by atoms with van der Waals surface area (Å²) in [7, 11) is 0. The third kappa shape index (κ3) is 12.7. The van der Waals surface area contributed by atoms with E-state index in [0.717, 1.165) is 16.7 Å². The average Bonchev–Trinajstić information content (AvgIpc) is 3.87. The van der Waals surface area contributed by atoms with E-state index in [1.807, 2.05) is 88.4 Å². The summed E-state index contributed by atoms with van der Waals surface area (Å²) in [6, 6.07) is 25.2. The van der Waals surface area contributed by atoms with Gasteiger partial charge in [0, 0.05) is 6.42 Å². The van der Waals surface area contributed by atoms with E-state index in [1.165, 1.54) is 0 Å².